The van der Waals surface area contributed by atoms with E-state index in [1.54, 1.807) is 6.20 Å². The number of rotatable bonds is 3. The molecule has 4 nitrogen and oxygen atoms in total. The SMILES string of the molecule is CC(C)(O)[C@H]1CC[C@H](NC(=O)c2cnc3cc(Br)ccc3c2)CC1. The summed E-state index contributed by atoms with van der Waals surface area (Å²) in [6.07, 6.45) is 5.34. The zero-order chi connectivity index (χ0) is 17.3. The first-order chi connectivity index (χ1) is 11.3. The quantitative estimate of drug-likeness (QED) is 0.830. The second-order valence-corrected chi connectivity index (χ2v) is 8.15. The molecule has 0 spiro atoms. The highest BCUT2D eigenvalue weighted by molar-refractivity contribution is 9.10. The molecule has 1 saturated carbocycles. The highest BCUT2D eigenvalue weighted by atomic mass is 79.9. The molecule has 0 bridgehead atoms. The average Bonchev–Trinajstić information content (AvgIpc) is 2.54. The van der Waals surface area contributed by atoms with Crippen LogP contribution in [0, 0.1) is 5.92 Å². The van der Waals surface area contributed by atoms with E-state index in [9.17, 15) is 9.90 Å². The van der Waals surface area contributed by atoms with Gasteiger partial charge in [-0.3, -0.25) is 9.78 Å². The van der Waals surface area contributed by atoms with Gasteiger partial charge in [-0.05, 0) is 63.6 Å². The molecule has 1 amide bonds. The Kier molecular flexibility index (Phi) is 4.92. The summed E-state index contributed by atoms with van der Waals surface area (Å²) < 4.78 is 0.975. The summed E-state index contributed by atoms with van der Waals surface area (Å²) in [5, 5.41) is 14.2. The van der Waals surface area contributed by atoms with Crippen molar-refractivity contribution in [2.24, 2.45) is 5.92 Å². The summed E-state index contributed by atoms with van der Waals surface area (Å²) >= 11 is 3.43. The molecule has 5 heteroatoms. The van der Waals surface area contributed by atoms with Crippen molar-refractivity contribution in [3.63, 3.8) is 0 Å². The van der Waals surface area contributed by atoms with Crippen molar-refractivity contribution in [2.45, 2.75) is 51.2 Å². The lowest BCUT2D eigenvalue weighted by atomic mass is 9.77. The predicted octanol–water partition coefficient (Wildman–Crippen LogP) is 4.06. The number of amides is 1. The molecule has 1 aromatic heterocycles. The van der Waals surface area contributed by atoms with Crippen LogP contribution in [-0.2, 0) is 0 Å². The van der Waals surface area contributed by atoms with Gasteiger partial charge >= 0.3 is 0 Å². The standard InChI is InChI=1S/C19H23BrN2O2/c1-19(2,24)14-4-7-16(8-5-14)22-18(23)13-9-12-3-6-15(20)10-17(12)21-11-13/h3,6,9-11,14,16,24H,4-5,7-8H2,1-2H3,(H,22,23)/t14-,16-. The molecule has 1 aliphatic rings. The molecular formula is C19H23BrN2O2. The Morgan fingerprint density at radius 2 is 1.96 bits per heavy atom. The molecular weight excluding hydrogens is 368 g/mol. The minimum Gasteiger partial charge on any atom is -0.390 e. The van der Waals surface area contributed by atoms with E-state index >= 15 is 0 Å². The van der Waals surface area contributed by atoms with Gasteiger partial charge < -0.3 is 10.4 Å². The Morgan fingerprint density at radius 1 is 1.25 bits per heavy atom. The summed E-state index contributed by atoms with van der Waals surface area (Å²) in [5.41, 5.74) is 0.826. The van der Waals surface area contributed by atoms with E-state index in [2.05, 4.69) is 26.2 Å². The molecule has 2 aromatic rings. The third-order valence-electron chi connectivity index (χ3n) is 4.97. The number of aromatic nitrogens is 1. The summed E-state index contributed by atoms with van der Waals surface area (Å²) in [6, 6.07) is 7.90. The van der Waals surface area contributed by atoms with Crippen LogP contribution < -0.4 is 5.32 Å². The third kappa shape index (κ3) is 3.95. The fourth-order valence-corrected chi connectivity index (χ4v) is 3.78. The van der Waals surface area contributed by atoms with Gasteiger partial charge in [-0.2, -0.15) is 0 Å². The first-order valence-electron chi connectivity index (χ1n) is 8.41. The number of pyridine rings is 1. The topological polar surface area (TPSA) is 62.2 Å². The maximum Gasteiger partial charge on any atom is 0.253 e. The fourth-order valence-electron chi connectivity index (χ4n) is 3.43. The molecule has 24 heavy (non-hydrogen) atoms. The van der Waals surface area contributed by atoms with E-state index in [-0.39, 0.29) is 11.9 Å². The van der Waals surface area contributed by atoms with E-state index in [1.165, 1.54) is 0 Å². The van der Waals surface area contributed by atoms with E-state index in [4.69, 9.17) is 0 Å². The number of nitrogens with one attached hydrogen (secondary N) is 1. The van der Waals surface area contributed by atoms with Crippen molar-refractivity contribution in [3.05, 3.63) is 40.5 Å². The number of hydrogen-bond acceptors (Lipinski definition) is 3. The van der Waals surface area contributed by atoms with Gasteiger partial charge in [0.1, 0.15) is 0 Å². The normalized spacial score (nSPS) is 21.7. The average molecular weight is 391 g/mol. The lowest BCUT2D eigenvalue weighted by Gasteiger charge is -2.36. The molecule has 0 saturated heterocycles. The van der Waals surface area contributed by atoms with Gasteiger partial charge in [0.05, 0.1) is 16.7 Å². The minimum atomic E-state index is -0.633. The Hall–Kier alpha value is -1.46. The van der Waals surface area contributed by atoms with Gasteiger partial charge in [-0.15, -0.1) is 0 Å². The summed E-state index contributed by atoms with van der Waals surface area (Å²) in [6.45, 7) is 3.74. The lowest BCUT2D eigenvalue weighted by Crippen LogP contribution is -2.41. The third-order valence-corrected chi connectivity index (χ3v) is 5.46. The van der Waals surface area contributed by atoms with Gasteiger partial charge in [-0.25, -0.2) is 0 Å². The maximum absolute atomic E-state index is 12.5. The van der Waals surface area contributed by atoms with Crippen LogP contribution in [0.5, 0.6) is 0 Å². The highest BCUT2D eigenvalue weighted by Gasteiger charge is 2.31. The molecule has 1 aliphatic carbocycles. The first kappa shape index (κ1) is 17.4. The van der Waals surface area contributed by atoms with Gasteiger partial charge in [0.25, 0.3) is 5.91 Å². The number of fused-ring (bicyclic) bond motifs is 1. The number of hydrogen-bond donors (Lipinski definition) is 2. The van der Waals surface area contributed by atoms with E-state index in [0.29, 0.717) is 11.5 Å². The largest absolute Gasteiger partial charge is 0.390 e. The maximum atomic E-state index is 12.5. The lowest BCUT2D eigenvalue weighted by molar-refractivity contribution is -0.00257. The van der Waals surface area contributed by atoms with E-state index in [0.717, 1.165) is 41.1 Å². The van der Waals surface area contributed by atoms with Crippen LogP contribution in [-0.4, -0.2) is 27.6 Å². The number of nitrogens with zero attached hydrogens (tertiary/aromatic N) is 1. The molecule has 0 unspecified atom stereocenters. The molecule has 0 aliphatic heterocycles. The molecule has 128 valence electrons. The van der Waals surface area contributed by atoms with Crippen LogP contribution in [0.4, 0.5) is 0 Å². The number of aliphatic hydroxyl groups is 1. The van der Waals surface area contributed by atoms with Crippen molar-refractivity contribution < 1.29 is 9.90 Å². The van der Waals surface area contributed by atoms with Crippen LogP contribution in [0.25, 0.3) is 10.9 Å². The molecule has 1 heterocycles. The zero-order valence-corrected chi connectivity index (χ0v) is 15.6. The fraction of sp³-hybridized carbons (Fsp3) is 0.474. The Bertz CT molecular complexity index is 747. The van der Waals surface area contributed by atoms with Crippen molar-refractivity contribution in [1.82, 2.24) is 10.3 Å². The van der Waals surface area contributed by atoms with Crippen LogP contribution in [0.3, 0.4) is 0 Å². The van der Waals surface area contributed by atoms with Gasteiger partial charge in [0.2, 0.25) is 0 Å². The molecule has 3 rings (SSSR count). The minimum absolute atomic E-state index is 0.0703. The smallest absolute Gasteiger partial charge is 0.253 e. The molecule has 0 atom stereocenters. The number of carbonyl (C=O) groups is 1. The second-order valence-electron chi connectivity index (χ2n) is 7.24. The predicted molar refractivity (Wildman–Crippen MR) is 99.0 cm³/mol. The Labute approximate surface area is 150 Å². The summed E-state index contributed by atoms with van der Waals surface area (Å²) in [4.78, 5) is 16.9. The van der Waals surface area contributed by atoms with Crippen molar-refractivity contribution in [1.29, 1.82) is 0 Å². The van der Waals surface area contributed by atoms with Crippen LogP contribution in [0.1, 0.15) is 49.9 Å². The molecule has 2 N–H and O–H groups in total. The molecule has 1 aromatic carbocycles. The Balaban J connectivity index is 1.64. The van der Waals surface area contributed by atoms with Crippen LogP contribution in [0.2, 0.25) is 0 Å². The van der Waals surface area contributed by atoms with Crippen LogP contribution in [0.15, 0.2) is 34.9 Å². The molecule has 1 fully saturated rings. The number of halogens is 1. The molecule has 0 radical (unpaired) electrons. The first-order valence-corrected chi connectivity index (χ1v) is 9.21. The van der Waals surface area contributed by atoms with Gasteiger partial charge in [0, 0.05) is 22.1 Å². The second kappa shape index (κ2) is 6.81. The van der Waals surface area contributed by atoms with Gasteiger partial charge in [0.15, 0.2) is 0 Å². The zero-order valence-electron chi connectivity index (χ0n) is 14.1. The van der Waals surface area contributed by atoms with E-state index < -0.39 is 5.60 Å². The Morgan fingerprint density at radius 3 is 2.62 bits per heavy atom. The summed E-state index contributed by atoms with van der Waals surface area (Å²) in [5.74, 6) is 0.241. The number of carbonyl (C=O) groups excluding carboxylic acids is 1. The summed E-state index contributed by atoms with van der Waals surface area (Å²) in [7, 11) is 0. The highest BCUT2D eigenvalue weighted by Crippen LogP contribution is 2.32. The van der Waals surface area contributed by atoms with Crippen molar-refractivity contribution in [2.75, 3.05) is 0 Å². The monoisotopic (exact) mass is 390 g/mol. The van der Waals surface area contributed by atoms with Crippen LogP contribution >= 0.6 is 15.9 Å². The number of benzene rings is 1. The van der Waals surface area contributed by atoms with Gasteiger partial charge in [-0.1, -0.05) is 22.0 Å². The van der Waals surface area contributed by atoms with E-state index in [1.807, 2.05) is 38.1 Å². The van der Waals surface area contributed by atoms with Crippen molar-refractivity contribution in [3.8, 4) is 0 Å². The van der Waals surface area contributed by atoms with Crippen molar-refractivity contribution >= 4 is 32.7 Å².